The number of hydrogen-bond acceptors (Lipinski definition) is 4. The summed E-state index contributed by atoms with van der Waals surface area (Å²) in [6.45, 7) is 6.54. The summed E-state index contributed by atoms with van der Waals surface area (Å²) in [4.78, 5) is 16.9. The Morgan fingerprint density at radius 1 is 1.28 bits per heavy atom. The van der Waals surface area contributed by atoms with Crippen LogP contribution < -0.4 is 10.1 Å². The van der Waals surface area contributed by atoms with Crippen LogP contribution in [0.3, 0.4) is 0 Å². The topological polar surface area (TPSA) is 54.0 Å². The molecule has 0 aromatic heterocycles. The fourth-order valence-electron chi connectivity index (χ4n) is 4.58. The second kappa shape index (κ2) is 9.06. The Morgan fingerprint density at radius 2 is 2.03 bits per heavy atom. The second-order valence-electron chi connectivity index (χ2n) is 8.21. The van der Waals surface area contributed by atoms with Crippen LogP contribution in [0.15, 0.2) is 18.2 Å². The number of amides is 2. The third-order valence-electron chi connectivity index (χ3n) is 6.34. The molecule has 3 atom stereocenters. The Kier molecular flexibility index (Phi) is 6.47. The summed E-state index contributed by atoms with van der Waals surface area (Å²) in [5.41, 5.74) is 0. The van der Waals surface area contributed by atoms with Crippen molar-refractivity contribution in [3.8, 4) is 5.75 Å². The minimum atomic E-state index is -0.374. The van der Waals surface area contributed by atoms with Crippen molar-refractivity contribution >= 4 is 17.6 Å². The first-order valence-electron chi connectivity index (χ1n) is 10.5. The Morgan fingerprint density at radius 3 is 2.79 bits per heavy atom. The number of carbonyl (C=O) groups is 1. The van der Waals surface area contributed by atoms with Gasteiger partial charge in [0, 0.05) is 32.7 Å². The third kappa shape index (κ3) is 4.78. The third-order valence-corrected chi connectivity index (χ3v) is 6.64. The number of rotatable bonds is 3. The fourth-order valence-corrected chi connectivity index (χ4v) is 4.79. The predicted molar refractivity (Wildman–Crippen MR) is 109 cm³/mol. The molecular formula is C21H29ClFN3O3. The highest BCUT2D eigenvalue weighted by Crippen LogP contribution is 2.30. The number of ether oxygens (including phenoxy) is 2. The standard InChI is InChI=1S/C21H29ClFN3O3/c1-14(29-19-3-2-16(23)12-17(19)22)15-4-8-25(9-5-15)21(27)26-10-6-20-18(13-26)24-7-11-28-20/h2-3,12,14-15,18,20,24H,4-11,13H2,1H3/t14-,18-,20+/m1/s1. The molecule has 0 radical (unpaired) electrons. The van der Waals surface area contributed by atoms with Crippen molar-refractivity contribution < 1.29 is 18.7 Å². The van der Waals surface area contributed by atoms with Gasteiger partial charge in [-0.2, -0.15) is 0 Å². The first-order valence-corrected chi connectivity index (χ1v) is 10.9. The first kappa shape index (κ1) is 20.7. The summed E-state index contributed by atoms with van der Waals surface area (Å²) in [7, 11) is 0. The highest BCUT2D eigenvalue weighted by Gasteiger charge is 2.36. The van der Waals surface area contributed by atoms with Crippen molar-refractivity contribution in [1.82, 2.24) is 15.1 Å². The van der Waals surface area contributed by atoms with Crippen molar-refractivity contribution in [1.29, 1.82) is 0 Å². The molecule has 0 bridgehead atoms. The lowest BCUT2D eigenvalue weighted by Gasteiger charge is -2.44. The van der Waals surface area contributed by atoms with Gasteiger partial charge in [0.1, 0.15) is 11.6 Å². The van der Waals surface area contributed by atoms with Gasteiger partial charge in [0.05, 0.1) is 29.9 Å². The minimum Gasteiger partial charge on any atom is -0.489 e. The maximum absolute atomic E-state index is 13.2. The van der Waals surface area contributed by atoms with Crippen LogP contribution in [0.4, 0.5) is 9.18 Å². The van der Waals surface area contributed by atoms with E-state index in [1.807, 2.05) is 16.7 Å². The highest BCUT2D eigenvalue weighted by atomic mass is 35.5. The largest absolute Gasteiger partial charge is 0.489 e. The number of nitrogens with one attached hydrogen (secondary N) is 1. The molecular weight excluding hydrogens is 397 g/mol. The molecule has 0 aliphatic carbocycles. The smallest absolute Gasteiger partial charge is 0.320 e. The van der Waals surface area contributed by atoms with Crippen LogP contribution in [-0.4, -0.2) is 73.4 Å². The van der Waals surface area contributed by atoms with Crippen LogP contribution in [0.2, 0.25) is 5.02 Å². The van der Waals surface area contributed by atoms with Crippen LogP contribution in [0.1, 0.15) is 26.2 Å². The molecule has 8 heteroatoms. The average Bonchev–Trinajstić information content (AvgIpc) is 2.75. The number of hydrogen-bond donors (Lipinski definition) is 1. The Hall–Kier alpha value is -1.57. The van der Waals surface area contributed by atoms with Gasteiger partial charge in [-0.25, -0.2) is 9.18 Å². The number of carbonyl (C=O) groups excluding carboxylic acids is 1. The molecule has 3 saturated heterocycles. The zero-order chi connectivity index (χ0) is 20.4. The minimum absolute atomic E-state index is 0.0467. The van der Waals surface area contributed by atoms with Crippen molar-refractivity contribution in [2.24, 2.45) is 5.92 Å². The van der Waals surface area contributed by atoms with Gasteiger partial charge >= 0.3 is 6.03 Å². The monoisotopic (exact) mass is 425 g/mol. The van der Waals surface area contributed by atoms with Crippen molar-refractivity contribution in [3.05, 3.63) is 29.0 Å². The van der Waals surface area contributed by atoms with E-state index in [0.29, 0.717) is 18.2 Å². The lowest BCUT2D eigenvalue weighted by Crippen LogP contribution is -2.61. The molecule has 0 unspecified atom stereocenters. The zero-order valence-corrected chi connectivity index (χ0v) is 17.5. The molecule has 3 aliphatic heterocycles. The van der Waals surface area contributed by atoms with E-state index in [-0.39, 0.29) is 35.1 Å². The van der Waals surface area contributed by atoms with E-state index in [1.54, 1.807) is 6.07 Å². The predicted octanol–water partition coefficient (Wildman–Crippen LogP) is 3.14. The van der Waals surface area contributed by atoms with E-state index >= 15 is 0 Å². The highest BCUT2D eigenvalue weighted by molar-refractivity contribution is 6.32. The van der Waals surface area contributed by atoms with Crippen molar-refractivity contribution in [2.45, 2.75) is 44.4 Å². The molecule has 0 spiro atoms. The molecule has 6 nitrogen and oxygen atoms in total. The second-order valence-corrected chi connectivity index (χ2v) is 8.62. The molecule has 3 aliphatic rings. The molecule has 1 aromatic carbocycles. The van der Waals surface area contributed by atoms with E-state index in [4.69, 9.17) is 21.1 Å². The number of benzene rings is 1. The van der Waals surface area contributed by atoms with Crippen LogP contribution in [0.25, 0.3) is 0 Å². The summed E-state index contributed by atoms with van der Waals surface area (Å²) < 4.78 is 25.0. The van der Waals surface area contributed by atoms with E-state index in [2.05, 4.69) is 5.32 Å². The van der Waals surface area contributed by atoms with Gasteiger partial charge in [0.15, 0.2) is 0 Å². The number of halogens is 2. The first-order chi connectivity index (χ1) is 14.0. The molecule has 3 heterocycles. The number of fused-ring (bicyclic) bond motifs is 1. The quantitative estimate of drug-likeness (QED) is 0.808. The van der Waals surface area contributed by atoms with Gasteiger partial charge in [-0.05, 0) is 50.3 Å². The summed E-state index contributed by atoms with van der Waals surface area (Å²) >= 11 is 6.07. The number of nitrogens with zero attached hydrogens (tertiary/aromatic N) is 2. The molecule has 4 rings (SSSR count). The summed E-state index contributed by atoms with van der Waals surface area (Å²) in [6.07, 6.45) is 2.84. The zero-order valence-electron chi connectivity index (χ0n) is 16.8. The number of urea groups is 1. The van der Waals surface area contributed by atoms with Crippen LogP contribution in [-0.2, 0) is 4.74 Å². The molecule has 1 aromatic rings. The Bertz CT molecular complexity index is 729. The number of morpholine rings is 1. The maximum atomic E-state index is 13.2. The number of piperidine rings is 2. The molecule has 3 fully saturated rings. The van der Waals surface area contributed by atoms with Crippen LogP contribution in [0.5, 0.6) is 5.75 Å². The Labute approximate surface area is 176 Å². The van der Waals surface area contributed by atoms with Gasteiger partial charge in [-0.3, -0.25) is 0 Å². The van der Waals surface area contributed by atoms with Gasteiger partial charge in [0.2, 0.25) is 0 Å². The number of likely N-dealkylation sites (tertiary alicyclic amines) is 2. The van der Waals surface area contributed by atoms with E-state index in [1.165, 1.54) is 12.1 Å². The normalized spacial score (nSPS) is 26.7. The Balaban J connectivity index is 1.27. The lowest BCUT2D eigenvalue weighted by atomic mass is 9.92. The van der Waals surface area contributed by atoms with Gasteiger partial charge < -0.3 is 24.6 Å². The fraction of sp³-hybridized carbons (Fsp3) is 0.667. The molecule has 2 amide bonds. The maximum Gasteiger partial charge on any atom is 0.320 e. The van der Waals surface area contributed by atoms with Crippen molar-refractivity contribution in [2.75, 3.05) is 39.3 Å². The van der Waals surface area contributed by atoms with Crippen molar-refractivity contribution in [3.63, 3.8) is 0 Å². The SMILES string of the molecule is C[C@@H](Oc1ccc(F)cc1Cl)C1CCN(C(=O)N2CC[C@@H]3OCCN[C@@H]3C2)CC1. The summed E-state index contributed by atoms with van der Waals surface area (Å²) in [5, 5.41) is 3.76. The average molecular weight is 426 g/mol. The van der Waals surface area contributed by atoms with Crippen LogP contribution in [0, 0.1) is 11.7 Å². The van der Waals surface area contributed by atoms with E-state index < -0.39 is 0 Å². The summed E-state index contributed by atoms with van der Waals surface area (Å²) in [5.74, 6) is 0.462. The van der Waals surface area contributed by atoms with Crippen LogP contribution >= 0.6 is 11.6 Å². The molecule has 1 N–H and O–H groups in total. The molecule has 0 saturated carbocycles. The molecule has 29 heavy (non-hydrogen) atoms. The van der Waals surface area contributed by atoms with Gasteiger partial charge in [-0.1, -0.05) is 11.6 Å². The lowest BCUT2D eigenvalue weighted by molar-refractivity contribution is -0.0385. The van der Waals surface area contributed by atoms with Gasteiger partial charge in [0.25, 0.3) is 0 Å². The van der Waals surface area contributed by atoms with E-state index in [0.717, 1.165) is 52.0 Å². The van der Waals surface area contributed by atoms with E-state index in [9.17, 15) is 9.18 Å². The van der Waals surface area contributed by atoms with Gasteiger partial charge in [-0.15, -0.1) is 0 Å². The summed E-state index contributed by atoms with van der Waals surface area (Å²) in [6, 6.07) is 4.56. The molecule has 160 valence electrons.